The Kier molecular flexibility index (Phi) is 3.30. The average molecular weight is 280 g/mol. The molecule has 0 saturated carbocycles. The molecule has 0 spiro atoms. The van der Waals surface area contributed by atoms with Gasteiger partial charge < -0.3 is 4.42 Å². The Labute approximate surface area is 104 Å². The van der Waals surface area contributed by atoms with Crippen LogP contribution in [0, 0.1) is 5.82 Å². The van der Waals surface area contributed by atoms with E-state index in [4.69, 9.17) is 16.0 Å². The fraction of sp³-hybridized carbons (Fsp3) is 0.182. The van der Waals surface area contributed by atoms with Crippen LogP contribution in [0.4, 0.5) is 17.6 Å². The summed E-state index contributed by atoms with van der Waals surface area (Å²) in [6.07, 6.45) is -3.55. The van der Waals surface area contributed by atoms with E-state index in [1.54, 1.807) is 0 Å². The first-order valence-electron chi connectivity index (χ1n) is 4.79. The molecule has 1 aromatic heterocycles. The van der Waals surface area contributed by atoms with Crippen LogP contribution < -0.4 is 0 Å². The van der Waals surface area contributed by atoms with Crippen LogP contribution in [0.2, 0.25) is 0 Å². The predicted molar refractivity (Wildman–Crippen MR) is 56.5 cm³/mol. The second kappa shape index (κ2) is 4.61. The van der Waals surface area contributed by atoms with Crippen molar-refractivity contribution < 1.29 is 22.0 Å². The Hall–Kier alpha value is -1.56. The fourth-order valence-corrected chi connectivity index (χ4v) is 1.65. The lowest BCUT2D eigenvalue weighted by Gasteiger charge is -2.08. The van der Waals surface area contributed by atoms with Gasteiger partial charge in [-0.1, -0.05) is 0 Å². The molecule has 0 bridgehead atoms. The molecule has 2 aromatic rings. The smallest absolute Gasteiger partial charge is 0.416 e. The predicted octanol–water partition coefficient (Wildman–Crippen LogP) is 4.24. The molecule has 1 heterocycles. The first-order chi connectivity index (χ1) is 8.43. The lowest BCUT2D eigenvalue weighted by molar-refractivity contribution is -0.137. The Morgan fingerprint density at radius 1 is 1.28 bits per heavy atom. The van der Waals surface area contributed by atoms with Gasteiger partial charge in [0.2, 0.25) is 0 Å². The molecule has 0 saturated heterocycles. The van der Waals surface area contributed by atoms with E-state index in [2.05, 4.69) is 4.98 Å². The van der Waals surface area contributed by atoms with Crippen molar-refractivity contribution in [3.8, 4) is 11.3 Å². The van der Waals surface area contributed by atoms with E-state index < -0.39 is 17.6 Å². The summed E-state index contributed by atoms with van der Waals surface area (Å²) < 4.78 is 56.0. The maximum Gasteiger partial charge on any atom is 0.416 e. The minimum absolute atomic E-state index is 0.0818. The molecule has 0 radical (unpaired) electrons. The number of aromatic nitrogens is 1. The van der Waals surface area contributed by atoms with Crippen molar-refractivity contribution in [2.24, 2.45) is 0 Å². The Morgan fingerprint density at radius 3 is 2.61 bits per heavy atom. The van der Waals surface area contributed by atoms with Crippen molar-refractivity contribution in [2.75, 3.05) is 0 Å². The number of rotatable bonds is 2. The van der Waals surface area contributed by atoms with Gasteiger partial charge in [-0.3, -0.25) is 0 Å². The molecule has 0 aliphatic carbocycles. The number of benzene rings is 1. The van der Waals surface area contributed by atoms with E-state index in [0.29, 0.717) is 12.1 Å². The maximum atomic E-state index is 13.5. The summed E-state index contributed by atoms with van der Waals surface area (Å²) in [5.41, 5.74) is -1.08. The molecule has 2 nitrogen and oxygen atoms in total. The van der Waals surface area contributed by atoms with Gasteiger partial charge in [0.1, 0.15) is 11.5 Å². The minimum atomic E-state index is -4.55. The van der Waals surface area contributed by atoms with Gasteiger partial charge in [0.05, 0.1) is 17.0 Å². The number of hydrogen-bond donors (Lipinski definition) is 0. The molecule has 0 aliphatic heterocycles. The highest BCUT2D eigenvalue weighted by Crippen LogP contribution is 2.34. The zero-order valence-electron chi connectivity index (χ0n) is 8.76. The SMILES string of the molecule is Fc1ccc(C(F)(F)F)cc1-c1ocnc1CCl. The Morgan fingerprint density at radius 2 is 2.00 bits per heavy atom. The highest BCUT2D eigenvalue weighted by atomic mass is 35.5. The van der Waals surface area contributed by atoms with E-state index >= 15 is 0 Å². The molecule has 7 heteroatoms. The second-order valence-corrected chi connectivity index (χ2v) is 3.72. The third-order valence-corrected chi connectivity index (χ3v) is 2.56. The molecule has 0 atom stereocenters. The molecule has 0 fully saturated rings. The van der Waals surface area contributed by atoms with Gasteiger partial charge in [-0.25, -0.2) is 9.37 Å². The number of hydrogen-bond acceptors (Lipinski definition) is 2. The van der Waals surface area contributed by atoms with Gasteiger partial charge >= 0.3 is 6.18 Å². The first-order valence-corrected chi connectivity index (χ1v) is 5.32. The fourth-order valence-electron chi connectivity index (χ4n) is 1.46. The summed E-state index contributed by atoms with van der Waals surface area (Å²) in [4.78, 5) is 3.70. The Bertz CT molecular complexity index is 564. The van der Waals surface area contributed by atoms with Gasteiger partial charge in [-0.15, -0.1) is 11.6 Å². The lowest BCUT2D eigenvalue weighted by Crippen LogP contribution is -2.05. The number of alkyl halides is 4. The van der Waals surface area contributed by atoms with Crippen LogP contribution in [0.3, 0.4) is 0 Å². The minimum Gasteiger partial charge on any atom is -0.443 e. The van der Waals surface area contributed by atoms with Crippen LogP contribution in [0.5, 0.6) is 0 Å². The number of halogens is 5. The van der Waals surface area contributed by atoms with Crippen LogP contribution >= 0.6 is 11.6 Å². The van der Waals surface area contributed by atoms with Crippen LogP contribution in [0.1, 0.15) is 11.3 Å². The number of nitrogens with zero attached hydrogens (tertiary/aromatic N) is 1. The average Bonchev–Trinajstić information content (AvgIpc) is 2.76. The molecule has 1 aromatic carbocycles. The molecule has 0 N–H and O–H groups in total. The largest absolute Gasteiger partial charge is 0.443 e. The quantitative estimate of drug-likeness (QED) is 0.607. The zero-order valence-corrected chi connectivity index (χ0v) is 9.52. The van der Waals surface area contributed by atoms with E-state index in [-0.39, 0.29) is 22.9 Å². The maximum absolute atomic E-state index is 13.5. The molecule has 18 heavy (non-hydrogen) atoms. The van der Waals surface area contributed by atoms with Gasteiger partial charge in [0.15, 0.2) is 12.2 Å². The lowest BCUT2D eigenvalue weighted by atomic mass is 10.1. The summed E-state index contributed by atoms with van der Waals surface area (Å²) >= 11 is 5.54. The van der Waals surface area contributed by atoms with Crippen LogP contribution in [0.15, 0.2) is 29.0 Å². The van der Waals surface area contributed by atoms with Gasteiger partial charge in [0, 0.05) is 0 Å². The van der Waals surface area contributed by atoms with Crippen molar-refractivity contribution in [2.45, 2.75) is 12.1 Å². The van der Waals surface area contributed by atoms with Gasteiger partial charge in [-0.05, 0) is 18.2 Å². The van der Waals surface area contributed by atoms with E-state index in [1.807, 2.05) is 0 Å². The normalized spacial score (nSPS) is 11.8. The third-order valence-electron chi connectivity index (χ3n) is 2.31. The van der Waals surface area contributed by atoms with Crippen molar-refractivity contribution in [1.29, 1.82) is 0 Å². The standard InChI is InChI=1S/C11H6ClF4NO/c12-4-9-10(18-5-17-9)7-3-6(11(14,15)16)1-2-8(7)13/h1-3,5H,4H2. The highest BCUT2D eigenvalue weighted by Gasteiger charge is 2.31. The summed E-state index contributed by atoms with van der Waals surface area (Å²) in [5, 5.41) is 0. The van der Waals surface area contributed by atoms with Crippen molar-refractivity contribution >= 4 is 11.6 Å². The third kappa shape index (κ3) is 2.33. The van der Waals surface area contributed by atoms with Crippen molar-refractivity contribution in [3.05, 3.63) is 41.7 Å². The van der Waals surface area contributed by atoms with Crippen molar-refractivity contribution in [3.63, 3.8) is 0 Å². The topological polar surface area (TPSA) is 26.0 Å². The van der Waals surface area contributed by atoms with Crippen LogP contribution in [-0.2, 0) is 12.1 Å². The molecule has 96 valence electrons. The van der Waals surface area contributed by atoms with Gasteiger partial charge in [0.25, 0.3) is 0 Å². The van der Waals surface area contributed by atoms with Crippen molar-refractivity contribution in [1.82, 2.24) is 4.98 Å². The molecule has 0 aliphatic rings. The molecule has 2 rings (SSSR count). The summed E-state index contributed by atoms with van der Waals surface area (Å²) in [7, 11) is 0. The number of oxazole rings is 1. The summed E-state index contributed by atoms with van der Waals surface area (Å²) in [6.45, 7) is 0. The highest BCUT2D eigenvalue weighted by molar-refractivity contribution is 6.17. The molecule has 0 amide bonds. The second-order valence-electron chi connectivity index (χ2n) is 3.45. The zero-order chi connectivity index (χ0) is 13.3. The van der Waals surface area contributed by atoms with Crippen LogP contribution in [0.25, 0.3) is 11.3 Å². The summed E-state index contributed by atoms with van der Waals surface area (Å²) in [5.74, 6) is -0.999. The summed E-state index contributed by atoms with van der Waals surface area (Å²) in [6, 6.07) is 2.07. The molecule has 0 unspecified atom stereocenters. The van der Waals surface area contributed by atoms with Gasteiger partial charge in [-0.2, -0.15) is 13.2 Å². The molecular weight excluding hydrogens is 274 g/mol. The van der Waals surface area contributed by atoms with E-state index in [1.165, 1.54) is 0 Å². The monoisotopic (exact) mass is 279 g/mol. The van der Waals surface area contributed by atoms with E-state index in [9.17, 15) is 17.6 Å². The van der Waals surface area contributed by atoms with Crippen LogP contribution in [-0.4, -0.2) is 4.98 Å². The van der Waals surface area contributed by atoms with E-state index in [0.717, 1.165) is 12.5 Å². The first kappa shape index (κ1) is 12.9. The Balaban J connectivity index is 2.57. The molecular formula is C11H6ClF4NO.